The summed E-state index contributed by atoms with van der Waals surface area (Å²) in [4.78, 5) is 19.7. The van der Waals surface area contributed by atoms with E-state index in [0.717, 1.165) is 36.4 Å². The predicted octanol–water partition coefficient (Wildman–Crippen LogP) is 2.80. The van der Waals surface area contributed by atoms with E-state index in [1.165, 1.54) is 12.1 Å². The minimum atomic E-state index is -0.281. The minimum Gasteiger partial charge on any atom is -0.333 e. The van der Waals surface area contributed by atoms with Crippen molar-refractivity contribution < 1.29 is 9.18 Å². The molecule has 3 heterocycles. The van der Waals surface area contributed by atoms with Gasteiger partial charge in [0, 0.05) is 24.7 Å². The number of thiazole rings is 1. The number of carbonyl (C=O) groups is 1. The van der Waals surface area contributed by atoms with Gasteiger partial charge in [0.1, 0.15) is 10.8 Å². The van der Waals surface area contributed by atoms with Gasteiger partial charge in [-0.25, -0.2) is 14.8 Å². The van der Waals surface area contributed by atoms with Gasteiger partial charge in [0.15, 0.2) is 0 Å². The number of carbonyl (C=O) groups excluding carboxylic acids is 1. The Bertz CT molecular complexity index is 738. The van der Waals surface area contributed by atoms with Gasteiger partial charge in [-0.2, -0.15) is 0 Å². The second-order valence-corrected chi connectivity index (χ2v) is 7.50. The number of likely N-dealkylation sites (tertiary alicyclic amines) is 1. The Hall–Kier alpha value is -1.83. The van der Waals surface area contributed by atoms with Crippen LogP contribution in [-0.4, -0.2) is 28.9 Å². The number of hydrogen-bond donors (Lipinski definition) is 2. The highest BCUT2D eigenvalue weighted by Crippen LogP contribution is 2.35. The van der Waals surface area contributed by atoms with Crippen molar-refractivity contribution >= 4 is 17.2 Å². The van der Waals surface area contributed by atoms with Crippen molar-refractivity contribution in [2.24, 2.45) is 5.92 Å². The van der Waals surface area contributed by atoms with Gasteiger partial charge in [-0.05, 0) is 37.0 Å². The zero-order valence-corrected chi connectivity index (χ0v) is 14.6. The fraction of sp³-hybridized carbons (Fsp3) is 0.444. The molecule has 1 aromatic carbocycles. The first-order chi connectivity index (χ1) is 12.2. The van der Waals surface area contributed by atoms with E-state index in [9.17, 15) is 9.18 Å². The lowest BCUT2D eigenvalue weighted by molar-refractivity contribution is -0.139. The van der Waals surface area contributed by atoms with Crippen molar-refractivity contribution in [3.8, 4) is 0 Å². The molecule has 2 saturated heterocycles. The summed E-state index contributed by atoms with van der Waals surface area (Å²) in [5, 5.41) is 2.97. The van der Waals surface area contributed by atoms with E-state index in [2.05, 4.69) is 15.8 Å². The molecule has 2 aliphatic rings. The van der Waals surface area contributed by atoms with Crippen LogP contribution in [0.25, 0.3) is 0 Å². The van der Waals surface area contributed by atoms with Crippen LogP contribution in [0.4, 0.5) is 4.39 Å². The molecule has 4 rings (SSSR count). The highest BCUT2D eigenvalue weighted by Gasteiger charge is 2.40. The normalized spacial score (nSPS) is 26.8. The highest BCUT2D eigenvalue weighted by molar-refractivity contribution is 7.09. The number of aromatic nitrogens is 1. The third-order valence-corrected chi connectivity index (χ3v) is 5.91. The highest BCUT2D eigenvalue weighted by atomic mass is 32.1. The zero-order valence-electron chi connectivity index (χ0n) is 13.8. The summed E-state index contributed by atoms with van der Waals surface area (Å²) in [5.74, 6) is -0.412. The van der Waals surface area contributed by atoms with Crippen molar-refractivity contribution in [1.82, 2.24) is 20.7 Å². The fourth-order valence-corrected chi connectivity index (χ4v) is 4.59. The molecule has 3 unspecified atom stereocenters. The largest absolute Gasteiger partial charge is 0.333 e. The average Bonchev–Trinajstić information content (AvgIpc) is 3.33. The number of amides is 1. The Balaban J connectivity index is 1.58. The van der Waals surface area contributed by atoms with Gasteiger partial charge < -0.3 is 4.90 Å². The van der Waals surface area contributed by atoms with Crippen LogP contribution < -0.4 is 10.9 Å². The molecule has 3 atom stereocenters. The molecule has 132 valence electrons. The molecule has 0 bridgehead atoms. The Morgan fingerprint density at radius 1 is 1.36 bits per heavy atom. The number of nitrogens with one attached hydrogen (secondary N) is 2. The molecule has 7 heteroatoms. The SMILES string of the molecule is O=C(C1CNNC1c1cccc(F)c1)N1CCCCC1c1nccs1. The number of nitrogens with zero attached hydrogens (tertiary/aromatic N) is 2. The Morgan fingerprint density at radius 2 is 2.28 bits per heavy atom. The van der Waals surface area contributed by atoms with E-state index >= 15 is 0 Å². The van der Waals surface area contributed by atoms with Gasteiger partial charge in [-0.15, -0.1) is 11.3 Å². The van der Waals surface area contributed by atoms with Crippen LogP contribution in [0.2, 0.25) is 0 Å². The summed E-state index contributed by atoms with van der Waals surface area (Å²) < 4.78 is 13.6. The molecule has 5 nitrogen and oxygen atoms in total. The number of halogens is 1. The third-order valence-electron chi connectivity index (χ3n) is 5.03. The van der Waals surface area contributed by atoms with E-state index in [-0.39, 0.29) is 29.7 Å². The van der Waals surface area contributed by atoms with Crippen molar-refractivity contribution in [1.29, 1.82) is 0 Å². The summed E-state index contributed by atoms with van der Waals surface area (Å²) in [6.07, 6.45) is 4.89. The molecule has 2 fully saturated rings. The van der Waals surface area contributed by atoms with Crippen LogP contribution in [0.1, 0.15) is 41.9 Å². The van der Waals surface area contributed by atoms with E-state index in [1.54, 1.807) is 23.6 Å². The van der Waals surface area contributed by atoms with Crippen molar-refractivity contribution in [3.05, 3.63) is 52.2 Å². The first-order valence-corrected chi connectivity index (χ1v) is 9.56. The third kappa shape index (κ3) is 3.31. The second-order valence-electron chi connectivity index (χ2n) is 6.58. The van der Waals surface area contributed by atoms with Gasteiger partial charge in [0.2, 0.25) is 5.91 Å². The Kier molecular flexibility index (Phi) is 4.78. The zero-order chi connectivity index (χ0) is 17.2. The van der Waals surface area contributed by atoms with Crippen molar-refractivity contribution in [2.45, 2.75) is 31.3 Å². The van der Waals surface area contributed by atoms with E-state index < -0.39 is 0 Å². The summed E-state index contributed by atoms with van der Waals surface area (Å²) in [7, 11) is 0. The monoisotopic (exact) mass is 360 g/mol. The standard InChI is InChI=1S/C18H21FN4OS/c19-13-5-3-4-12(10-13)16-14(11-21-22-16)18(24)23-8-2-1-6-15(23)17-20-7-9-25-17/h3-5,7,9-10,14-16,21-22H,1-2,6,8,11H2. The maximum atomic E-state index is 13.6. The van der Waals surface area contributed by atoms with Crippen LogP contribution in [0.3, 0.4) is 0 Å². The molecule has 2 aliphatic heterocycles. The summed E-state index contributed by atoms with van der Waals surface area (Å²) in [6, 6.07) is 6.32. The van der Waals surface area contributed by atoms with Crippen LogP contribution in [-0.2, 0) is 4.79 Å². The quantitative estimate of drug-likeness (QED) is 0.884. The molecule has 1 amide bonds. The maximum absolute atomic E-state index is 13.6. The maximum Gasteiger partial charge on any atom is 0.229 e. The Morgan fingerprint density at radius 3 is 3.08 bits per heavy atom. The fourth-order valence-electron chi connectivity index (χ4n) is 3.81. The average molecular weight is 360 g/mol. The number of rotatable bonds is 3. The van der Waals surface area contributed by atoms with Crippen molar-refractivity contribution in [2.75, 3.05) is 13.1 Å². The van der Waals surface area contributed by atoms with Gasteiger partial charge in [0.05, 0.1) is 18.0 Å². The van der Waals surface area contributed by atoms with Gasteiger partial charge in [0.25, 0.3) is 0 Å². The molecule has 0 spiro atoms. The lowest BCUT2D eigenvalue weighted by Gasteiger charge is -2.37. The number of benzene rings is 1. The molecule has 25 heavy (non-hydrogen) atoms. The van der Waals surface area contributed by atoms with E-state index in [4.69, 9.17) is 0 Å². The van der Waals surface area contributed by atoms with Crippen LogP contribution in [0.5, 0.6) is 0 Å². The number of hydrazine groups is 1. The lowest BCUT2D eigenvalue weighted by Crippen LogP contribution is -2.43. The summed E-state index contributed by atoms with van der Waals surface area (Å²) >= 11 is 1.61. The molecule has 2 aromatic rings. The summed E-state index contributed by atoms with van der Waals surface area (Å²) in [6.45, 7) is 1.30. The van der Waals surface area contributed by atoms with Crippen LogP contribution in [0.15, 0.2) is 35.8 Å². The topological polar surface area (TPSA) is 57.3 Å². The van der Waals surface area contributed by atoms with Gasteiger partial charge in [-0.3, -0.25) is 10.2 Å². The lowest BCUT2D eigenvalue weighted by atomic mass is 9.91. The molecular formula is C18H21FN4OS. The van der Waals surface area contributed by atoms with Crippen molar-refractivity contribution in [3.63, 3.8) is 0 Å². The first kappa shape index (κ1) is 16.6. The molecular weight excluding hydrogens is 339 g/mol. The molecule has 0 radical (unpaired) electrons. The number of hydrogen-bond acceptors (Lipinski definition) is 5. The van der Waals surface area contributed by atoms with E-state index in [0.29, 0.717) is 6.54 Å². The molecule has 2 N–H and O–H groups in total. The Labute approximate surface area is 150 Å². The smallest absolute Gasteiger partial charge is 0.229 e. The van der Waals surface area contributed by atoms with Gasteiger partial charge in [-0.1, -0.05) is 12.1 Å². The molecule has 0 saturated carbocycles. The second kappa shape index (κ2) is 7.19. The first-order valence-electron chi connectivity index (χ1n) is 8.68. The molecule has 0 aliphatic carbocycles. The van der Waals surface area contributed by atoms with Crippen LogP contribution >= 0.6 is 11.3 Å². The van der Waals surface area contributed by atoms with Gasteiger partial charge >= 0.3 is 0 Å². The predicted molar refractivity (Wildman–Crippen MR) is 94.2 cm³/mol. The summed E-state index contributed by atoms with van der Waals surface area (Å²) in [5.41, 5.74) is 7.02. The minimum absolute atomic E-state index is 0.0648. The van der Waals surface area contributed by atoms with E-state index in [1.807, 2.05) is 16.3 Å². The number of piperidine rings is 1. The van der Waals surface area contributed by atoms with Crippen LogP contribution in [0, 0.1) is 11.7 Å². The molecule has 1 aromatic heterocycles.